The normalized spacial score (nSPS) is 11.7. The first-order chi connectivity index (χ1) is 45.1. The molecule has 0 saturated carbocycles. The Hall–Kier alpha value is -6.80. The Balaban J connectivity index is -0.000000586. The van der Waals surface area contributed by atoms with E-state index in [4.69, 9.17) is 28.4 Å². The maximum atomic E-state index is 11.8. The van der Waals surface area contributed by atoms with Crippen LogP contribution in [-0.2, 0) is 47.6 Å². The number of alkyl carbamates (subject to hydrolysis) is 2. The summed E-state index contributed by atoms with van der Waals surface area (Å²) in [6.07, 6.45) is 30.8. The van der Waals surface area contributed by atoms with Gasteiger partial charge in [-0.05, 0) is 117 Å². The second-order valence-electron chi connectivity index (χ2n) is 26.2. The van der Waals surface area contributed by atoms with E-state index in [0.717, 1.165) is 103 Å². The fraction of sp³-hybridized carbons (Fsp3) is 0.680. The Kier molecular flexibility index (Phi) is 64.3. The molecule has 3 unspecified atom stereocenters. The van der Waals surface area contributed by atoms with Crippen LogP contribution in [0.1, 0.15) is 204 Å². The van der Waals surface area contributed by atoms with Gasteiger partial charge in [-0.15, -0.1) is 39.5 Å². The number of unbranched alkanes of at least 4 members (excludes halogenated alkanes) is 4. The van der Waals surface area contributed by atoms with Crippen molar-refractivity contribution in [2.24, 2.45) is 34.0 Å². The van der Waals surface area contributed by atoms with Crippen molar-refractivity contribution in [2.75, 3.05) is 92.1 Å². The van der Waals surface area contributed by atoms with Crippen LogP contribution in [-0.4, -0.2) is 140 Å². The number of hydrogen-bond acceptors (Lipinski definition) is 14. The number of urea groups is 2. The molecular formula is C75H132N6O14. The molecule has 0 rings (SSSR count). The van der Waals surface area contributed by atoms with Gasteiger partial charge in [0.25, 0.3) is 0 Å². The fourth-order valence-electron chi connectivity index (χ4n) is 9.78. The summed E-state index contributed by atoms with van der Waals surface area (Å²) in [5, 5.41) is 16.5. The van der Waals surface area contributed by atoms with Gasteiger partial charge in [-0.3, -0.25) is 19.2 Å². The van der Waals surface area contributed by atoms with E-state index in [1.54, 1.807) is 42.5 Å². The summed E-state index contributed by atoms with van der Waals surface area (Å²) in [5.74, 6) is 1.59. The predicted octanol–water partition coefficient (Wildman–Crippen LogP) is 15.3. The minimum Gasteiger partial charge on any atom is -0.463 e. The van der Waals surface area contributed by atoms with Gasteiger partial charge in [0.2, 0.25) is 0 Å². The van der Waals surface area contributed by atoms with Crippen molar-refractivity contribution in [3.8, 4) is 0 Å². The highest BCUT2D eigenvalue weighted by Gasteiger charge is 2.25. The quantitative estimate of drug-likeness (QED) is 0.0143. The number of amides is 6. The lowest BCUT2D eigenvalue weighted by Crippen LogP contribution is -2.37. The number of ether oxygens (including phenoxy) is 6. The van der Waals surface area contributed by atoms with Gasteiger partial charge < -0.3 is 60.3 Å². The summed E-state index contributed by atoms with van der Waals surface area (Å²) < 4.78 is 30.3. The van der Waals surface area contributed by atoms with E-state index in [9.17, 15) is 38.4 Å². The van der Waals surface area contributed by atoms with E-state index >= 15 is 0 Å². The smallest absolute Gasteiger partial charge is 0.407 e. The number of esters is 2. The van der Waals surface area contributed by atoms with E-state index in [-0.39, 0.29) is 66.7 Å². The number of allylic oxidation sites excluding steroid dienone is 2. The van der Waals surface area contributed by atoms with Crippen molar-refractivity contribution in [1.82, 2.24) is 31.9 Å². The largest absolute Gasteiger partial charge is 0.463 e. The lowest BCUT2D eigenvalue weighted by atomic mass is 9.79. The van der Waals surface area contributed by atoms with Gasteiger partial charge in [0.1, 0.15) is 38.0 Å². The zero-order valence-electron chi connectivity index (χ0n) is 60.7. The number of rotatable bonds is 56. The molecule has 3 atom stereocenters. The first kappa shape index (κ1) is 94.6. The average Bonchev–Trinajstić information content (AvgIpc) is 1.44. The first-order valence-corrected chi connectivity index (χ1v) is 34.3. The van der Waals surface area contributed by atoms with Crippen LogP contribution in [0, 0.1) is 34.0 Å². The standard InChI is InChI=1S/C22H39NO6.C19H34N2O2.C18H31NO4.C16H28N2O2/c1-6-12-26-14-16-28-20(24)9-8-19(3)18-22(4,5)10-11-23-21(25)29-17-15-27-13-7-2;1-6-8-9-17(22)11-10-16(3)15-19(4,5)12-14-21-18(23)20-13-7-2;1-6-12-22-16(20)9-8-15(3)14-18(4,5)10-11-19-17(21)23-13-7-2;1-3-5-11-15(19)12-9-7-6-8-10-14-18-16(20)17-13-4-2/h6-7,19H,1-2,8-18H2,3-5H3,(H,23,25);6-7,16H,1-2,8-15H2,3-5H3,(H2,20,21,23);6-7,15H,1-2,8-14H2,3-5H3,(H,19,21);3-4H,1-2,5-14H2,(H2,17,18,20). The summed E-state index contributed by atoms with van der Waals surface area (Å²) >= 11 is 0. The lowest BCUT2D eigenvalue weighted by molar-refractivity contribution is -0.145. The molecule has 0 heterocycles. The summed E-state index contributed by atoms with van der Waals surface area (Å²) in [6, 6.07) is -0.292. The van der Waals surface area contributed by atoms with Crippen LogP contribution in [0.5, 0.6) is 0 Å². The Bertz CT molecular complexity index is 2040. The molecule has 0 aliphatic rings. The molecule has 0 aromatic rings. The number of Topliss-reactive ketones (excluding diaryl/α,β-unsaturated/α-hetero) is 2. The highest BCUT2D eigenvalue weighted by molar-refractivity contribution is 5.79. The van der Waals surface area contributed by atoms with Gasteiger partial charge in [-0.2, -0.15) is 0 Å². The van der Waals surface area contributed by atoms with Crippen LogP contribution in [0.2, 0.25) is 0 Å². The summed E-state index contributed by atoms with van der Waals surface area (Å²) in [4.78, 5) is 91.9. The topological polar surface area (TPSA) is 264 Å². The zero-order chi connectivity index (χ0) is 72.4. The van der Waals surface area contributed by atoms with Crippen molar-refractivity contribution in [1.29, 1.82) is 0 Å². The molecule has 20 nitrogen and oxygen atoms in total. The van der Waals surface area contributed by atoms with E-state index < -0.39 is 12.2 Å². The van der Waals surface area contributed by atoms with Crippen LogP contribution in [0.3, 0.4) is 0 Å². The minimum atomic E-state index is -0.434. The van der Waals surface area contributed by atoms with Crippen LogP contribution >= 0.6 is 0 Å². The molecule has 0 aromatic carbocycles. The van der Waals surface area contributed by atoms with Crippen molar-refractivity contribution in [3.63, 3.8) is 0 Å². The molecular weight excluding hydrogens is 1210 g/mol. The molecule has 0 bridgehead atoms. The van der Waals surface area contributed by atoms with Gasteiger partial charge >= 0.3 is 36.2 Å². The predicted molar refractivity (Wildman–Crippen MR) is 387 cm³/mol. The van der Waals surface area contributed by atoms with E-state index in [2.05, 4.69) is 147 Å². The zero-order valence-corrected chi connectivity index (χ0v) is 60.7. The Labute approximate surface area is 575 Å². The molecule has 6 N–H and O–H groups in total. The SMILES string of the molecule is C=CCCC(=O)CCC(C)CC(C)(C)CCNC(=O)NCC=C.C=CCCC(=O)CCCCCCCNC(=O)NCC=C.C=CCOC(=O)CCC(C)CC(C)(C)CCNC(=O)OCC=C.C=CCOCCOC(=O)CCC(C)CC(C)(C)CCNC(=O)OCCOCC=C. The first-order valence-electron chi connectivity index (χ1n) is 34.3. The van der Waals surface area contributed by atoms with Gasteiger partial charge in [-0.1, -0.05) is 143 Å². The molecule has 95 heavy (non-hydrogen) atoms. The summed E-state index contributed by atoms with van der Waals surface area (Å²) in [7, 11) is 0. The third kappa shape index (κ3) is 72.9. The molecule has 0 radical (unpaired) electrons. The highest BCUT2D eigenvalue weighted by Crippen LogP contribution is 2.33. The molecule has 0 aliphatic carbocycles. The number of carbonyl (C=O) groups is 8. The Morgan fingerprint density at radius 1 is 0.358 bits per heavy atom. The highest BCUT2D eigenvalue weighted by atomic mass is 16.6. The van der Waals surface area contributed by atoms with E-state index in [1.807, 2.05) is 0 Å². The molecule has 0 aromatic heterocycles. The van der Waals surface area contributed by atoms with Crippen LogP contribution in [0.15, 0.2) is 101 Å². The van der Waals surface area contributed by atoms with Crippen molar-refractivity contribution in [2.45, 2.75) is 204 Å². The van der Waals surface area contributed by atoms with Gasteiger partial charge in [0.15, 0.2) is 0 Å². The molecule has 20 heteroatoms. The number of carbonyl (C=O) groups excluding carboxylic acids is 8. The summed E-state index contributed by atoms with van der Waals surface area (Å²) in [6.45, 7) is 54.0. The number of ketones is 2. The number of nitrogens with one attached hydrogen (secondary N) is 6. The van der Waals surface area contributed by atoms with Gasteiger partial charge in [-0.25, -0.2) is 19.2 Å². The molecule has 0 aliphatic heterocycles. The maximum Gasteiger partial charge on any atom is 0.407 e. The third-order valence-electron chi connectivity index (χ3n) is 14.6. The monoisotopic (exact) mass is 1340 g/mol. The third-order valence-corrected chi connectivity index (χ3v) is 14.6. The molecule has 546 valence electrons. The van der Waals surface area contributed by atoms with E-state index in [1.165, 1.54) is 6.08 Å². The Morgan fingerprint density at radius 3 is 1.17 bits per heavy atom. The second-order valence-corrected chi connectivity index (χ2v) is 26.2. The van der Waals surface area contributed by atoms with Crippen molar-refractivity contribution in [3.05, 3.63) is 101 Å². The van der Waals surface area contributed by atoms with Crippen molar-refractivity contribution >= 4 is 47.8 Å². The molecule has 6 amide bonds. The molecule has 0 saturated heterocycles. The lowest BCUT2D eigenvalue weighted by Gasteiger charge is -2.28. The molecule has 0 fully saturated rings. The fourth-order valence-corrected chi connectivity index (χ4v) is 9.78. The van der Waals surface area contributed by atoms with Crippen molar-refractivity contribution < 1.29 is 66.8 Å². The average molecular weight is 1340 g/mol. The van der Waals surface area contributed by atoms with Gasteiger partial charge in [0, 0.05) is 77.8 Å². The Morgan fingerprint density at radius 2 is 0.726 bits per heavy atom. The van der Waals surface area contributed by atoms with E-state index in [0.29, 0.717) is 134 Å². The van der Waals surface area contributed by atoms with Gasteiger partial charge in [0.05, 0.1) is 26.4 Å². The maximum absolute atomic E-state index is 11.8. The summed E-state index contributed by atoms with van der Waals surface area (Å²) in [5.41, 5.74) is 0.271. The number of hydrogen-bond donors (Lipinski definition) is 6. The minimum absolute atomic E-state index is 0.0439. The van der Waals surface area contributed by atoms with Crippen LogP contribution in [0.4, 0.5) is 19.2 Å². The second kappa shape index (κ2) is 64.5. The van der Waals surface area contributed by atoms with Crippen LogP contribution < -0.4 is 31.9 Å². The molecule has 0 spiro atoms. The van der Waals surface area contributed by atoms with Crippen LogP contribution in [0.25, 0.3) is 0 Å².